The summed E-state index contributed by atoms with van der Waals surface area (Å²) in [5, 5.41) is 33.5. The van der Waals surface area contributed by atoms with E-state index >= 15 is 0 Å². The molecule has 4 fully saturated rings. The third kappa shape index (κ3) is 5.25. The van der Waals surface area contributed by atoms with Crippen molar-refractivity contribution in [3.63, 3.8) is 0 Å². The number of rotatable bonds is 9. The maximum Gasteiger partial charge on any atom is 0.195 e. The highest BCUT2D eigenvalue weighted by Crippen LogP contribution is 2.69. The lowest BCUT2D eigenvalue weighted by Crippen LogP contribution is -2.68. The van der Waals surface area contributed by atoms with Gasteiger partial charge in [-0.25, -0.2) is 0 Å². The molecule has 0 saturated heterocycles. The maximum absolute atomic E-state index is 11.4. The minimum absolute atomic E-state index is 0.272. The molecule has 0 aromatic heterocycles. The lowest BCUT2D eigenvalue weighted by molar-refractivity contribution is -0.349. The Morgan fingerprint density at radius 3 is 1.85 bits per heavy atom. The van der Waals surface area contributed by atoms with E-state index in [2.05, 4.69) is 112 Å². The number of aliphatic hydroxyl groups is 3. The van der Waals surface area contributed by atoms with Gasteiger partial charge in [-0.2, -0.15) is 0 Å². The Morgan fingerprint density at radius 1 is 0.723 bits per heavy atom. The van der Waals surface area contributed by atoms with E-state index in [0.29, 0.717) is 36.7 Å². The molecular weight excluding hydrogens is 580 g/mol. The van der Waals surface area contributed by atoms with Crippen molar-refractivity contribution in [2.24, 2.45) is 46.3 Å². The zero-order chi connectivity index (χ0) is 32.9. The second-order valence-corrected chi connectivity index (χ2v) is 16.2. The van der Waals surface area contributed by atoms with Crippen LogP contribution in [0.4, 0.5) is 0 Å². The van der Waals surface area contributed by atoms with Gasteiger partial charge >= 0.3 is 0 Å². The monoisotopic (exact) mass is 636 g/mol. The maximum atomic E-state index is 11.4. The van der Waals surface area contributed by atoms with Crippen LogP contribution in [-0.2, 0) is 10.3 Å². The average Bonchev–Trinajstić information content (AvgIpc) is 3.46. The molecule has 4 saturated carbocycles. The van der Waals surface area contributed by atoms with Gasteiger partial charge in [0.05, 0.1) is 0 Å². The van der Waals surface area contributed by atoms with Gasteiger partial charge in [-0.1, -0.05) is 112 Å². The number of fused-ring (bicyclic) bond motifs is 5. The molecule has 0 amide bonds. The van der Waals surface area contributed by atoms with Gasteiger partial charge in [0.1, 0.15) is 11.7 Å². The zero-order valence-corrected chi connectivity index (χ0v) is 28.7. The second-order valence-electron chi connectivity index (χ2n) is 16.2. The Morgan fingerprint density at radius 2 is 1.28 bits per heavy atom. The molecule has 0 radical (unpaired) electrons. The van der Waals surface area contributed by atoms with Crippen molar-refractivity contribution in [2.75, 3.05) is 6.61 Å². The number of aliphatic hydroxyl groups excluding tert-OH is 1. The van der Waals surface area contributed by atoms with Crippen molar-refractivity contribution in [1.82, 2.24) is 0 Å². The molecular formula is C43H56O4. The Balaban J connectivity index is 1.06. The third-order valence-corrected chi connectivity index (χ3v) is 14.4. The van der Waals surface area contributed by atoms with Crippen molar-refractivity contribution in [2.45, 2.75) is 102 Å². The van der Waals surface area contributed by atoms with Gasteiger partial charge in [-0.3, -0.25) is 0 Å². The van der Waals surface area contributed by atoms with Crippen LogP contribution in [-0.4, -0.2) is 33.8 Å². The predicted octanol–water partition coefficient (Wildman–Crippen LogP) is 8.72. The molecule has 1 unspecified atom stereocenters. The number of hydrogen-bond acceptors (Lipinski definition) is 4. The normalized spacial score (nSPS) is 35.4. The van der Waals surface area contributed by atoms with E-state index in [1.165, 1.54) is 19.3 Å². The number of ether oxygens (including phenoxy) is 1. The van der Waals surface area contributed by atoms with E-state index in [9.17, 15) is 15.3 Å². The summed E-state index contributed by atoms with van der Waals surface area (Å²) in [6, 6.07) is 32.0. The van der Waals surface area contributed by atoms with Crippen molar-refractivity contribution in [3.05, 3.63) is 108 Å². The van der Waals surface area contributed by atoms with Crippen molar-refractivity contribution in [1.29, 1.82) is 0 Å². The molecule has 0 heterocycles. The topological polar surface area (TPSA) is 69.9 Å². The van der Waals surface area contributed by atoms with Crippen LogP contribution in [0.3, 0.4) is 0 Å². The average molecular weight is 637 g/mol. The summed E-state index contributed by atoms with van der Waals surface area (Å²) in [5.41, 5.74) is 2.43. The van der Waals surface area contributed by atoms with Gasteiger partial charge in [-0.05, 0) is 122 Å². The van der Waals surface area contributed by atoms with Crippen LogP contribution in [0.2, 0.25) is 0 Å². The molecule has 0 bridgehead atoms. The molecule has 9 atom stereocenters. The van der Waals surface area contributed by atoms with Gasteiger partial charge in [0.2, 0.25) is 0 Å². The summed E-state index contributed by atoms with van der Waals surface area (Å²) >= 11 is 0. The molecule has 0 aliphatic heterocycles. The first-order chi connectivity index (χ1) is 22.6. The lowest BCUT2D eigenvalue weighted by atomic mass is 9.43. The van der Waals surface area contributed by atoms with Crippen molar-refractivity contribution in [3.8, 4) is 0 Å². The minimum atomic E-state index is -1.99. The summed E-state index contributed by atoms with van der Waals surface area (Å²) in [6.07, 6.45) is 9.47. The first-order valence-electron chi connectivity index (χ1n) is 18.6. The standard InChI is InChI=1S/C43H56O4/c1-30(14-13-29-47-42(32-15-7-4-8-16-32,33-17-9-5-10-18-33)34-19-11-6-12-20-34)36-24-25-37-35-23-21-31-22-26-39(44)43(45,46)41(31,3)38(35)27-28-40(36,37)2/h4-12,15-20,30-31,35-39,44-46H,13-14,21-29H2,1-3H3/t30-,31-,35+,36-,37+,38+,39?,40-,41+/m1/s1. The summed E-state index contributed by atoms with van der Waals surface area (Å²) in [5.74, 6) is 0.981. The Kier molecular flexibility index (Phi) is 8.96. The molecule has 4 aliphatic carbocycles. The smallest absolute Gasteiger partial charge is 0.195 e. The van der Waals surface area contributed by atoms with E-state index in [4.69, 9.17) is 4.74 Å². The van der Waals surface area contributed by atoms with Gasteiger partial charge in [0.25, 0.3) is 0 Å². The van der Waals surface area contributed by atoms with E-state index in [1.807, 2.05) is 0 Å². The highest BCUT2D eigenvalue weighted by atomic mass is 16.5. The molecule has 47 heavy (non-hydrogen) atoms. The zero-order valence-electron chi connectivity index (χ0n) is 28.7. The molecule has 3 N–H and O–H groups in total. The van der Waals surface area contributed by atoms with Crippen LogP contribution in [0, 0.1) is 46.3 Å². The molecule has 4 nitrogen and oxygen atoms in total. The Hall–Kier alpha value is -2.50. The summed E-state index contributed by atoms with van der Waals surface area (Å²) in [7, 11) is 0. The molecule has 7 rings (SSSR count). The quantitative estimate of drug-likeness (QED) is 0.125. The third-order valence-electron chi connectivity index (χ3n) is 14.4. The number of benzene rings is 3. The first kappa shape index (κ1) is 33.0. The van der Waals surface area contributed by atoms with E-state index in [0.717, 1.165) is 55.2 Å². The molecule has 4 aliphatic rings. The largest absolute Gasteiger partial charge is 0.387 e. The Labute approximate surface area is 282 Å². The lowest BCUT2D eigenvalue weighted by Gasteiger charge is -2.64. The summed E-state index contributed by atoms with van der Waals surface area (Å²) in [6.45, 7) is 7.83. The molecule has 252 valence electrons. The van der Waals surface area contributed by atoms with Gasteiger partial charge in [-0.15, -0.1) is 0 Å². The van der Waals surface area contributed by atoms with Gasteiger partial charge in [0.15, 0.2) is 5.79 Å². The first-order valence-corrected chi connectivity index (χ1v) is 18.6. The number of hydrogen-bond donors (Lipinski definition) is 3. The van der Waals surface area contributed by atoms with Crippen LogP contribution in [0.15, 0.2) is 91.0 Å². The van der Waals surface area contributed by atoms with Crippen LogP contribution >= 0.6 is 0 Å². The van der Waals surface area contributed by atoms with Crippen LogP contribution < -0.4 is 0 Å². The van der Waals surface area contributed by atoms with Crippen molar-refractivity contribution >= 4 is 0 Å². The Bertz CT molecular complexity index is 1380. The van der Waals surface area contributed by atoms with Crippen LogP contribution in [0.5, 0.6) is 0 Å². The fourth-order valence-electron chi connectivity index (χ4n) is 11.9. The molecule has 4 heteroatoms. The fourth-order valence-corrected chi connectivity index (χ4v) is 11.9. The molecule has 3 aromatic carbocycles. The van der Waals surface area contributed by atoms with E-state index in [-0.39, 0.29) is 17.3 Å². The van der Waals surface area contributed by atoms with E-state index in [1.54, 1.807) is 0 Å². The summed E-state index contributed by atoms with van der Waals surface area (Å²) in [4.78, 5) is 0. The predicted molar refractivity (Wildman–Crippen MR) is 187 cm³/mol. The second kappa shape index (κ2) is 12.8. The highest BCUT2D eigenvalue weighted by molar-refractivity contribution is 5.47. The molecule has 3 aromatic rings. The minimum Gasteiger partial charge on any atom is -0.387 e. The fraction of sp³-hybridized carbons (Fsp3) is 0.581. The SMILES string of the molecule is C[C@H](CCCOC(c1ccccc1)(c1ccccc1)c1ccccc1)[C@H]1CC[C@H]2[C@@H]3CC[C@@H]4CCC(O)C(O)(O)[C@]4(C)[C@H]3CC[C@]12C. The van der Waals surface area contributed by atoms with Crippen molar-refractivity contribution < 1.29 is 20.1 Å². The van der Waals surface area contributed by atoms with E-state index < -0.39 is 22.9 Å². The van der Waals surface area contributed by atoms with Crippen LogP contribution in [0.25, 0.3) is 0 Å². The molecule has 0 spiro atoms. The van der Waals surface area contributed by atoms with Gasteiger partial charge < -0.3 is 20.1 Å². The van der Waals surface area contributed by atoms with Crippen LogP contribution in [0.1, 0.15) is 102 Å². The van der Waals surface area contributed by atoms with Gasteiger partial charge in [0, 0.05) is 12.0 Å². The highest BCUT2D eigenvalue weighted by Gasteiger charge is 2.67. The summed E-state index contributed by atoms with van der Waals surface area (Å²) < 4.78 is 7.13.